The van der Waals surface area contributed by atoms with Gasteiger partial charge >= 0.3 is 6.18 Å². The monoisotopic (exact) mass is 395 g/mol. The number of amides is 1. The van der Waals surface area contributed by atoms with E-state index in [2.05, 4.69) is 21.1 Å². The fraction of sp³-hybridized carbons (Fsp3) is 0.278. The fourth-order valence-electron chi connectivity index (χ4n) is 2.01. The van der Waals surface area contributed by atoms with Gasteiger partial charge in [-0.1, -0.05) is 19.1 Å². The van der Waals surface area contributed by atoms with Crippen LogP contribution in [0.15, 0.2) is 47.5 Å². The van der Waals surface area contributed by atoms with Crippen molar-refractivity contribution in [2.45, 2.75) is 29.7 Å². The van der Waals surface area contributed by atoms with Crippen molar-refractivity contribution in [2.24, 2.45) is 0 Å². The second kappa shape index (κ2) is 9.28. The minimum atomic E-state index is -4.46. The van der Waals surface area contributed by atoms with Crippen LogP contribution in [0.3, 0.4) is 0 Å². The number of pyridine rings is 1. The Hall–Kier alpha value is -2.73. The minimum Gasteiger partial charge on any atom is -0.468 e. The maximum absolute atomic E-state index is 12.4. The van der Waals surface area contributed by atoms with Gasteiger partial charge < -0.3 is 10.1 Å². The highest BCUT2D eigenvalue weighted by Crippen LogP contribution is 2.31. The number of ether oxygens (including phenoxy) is 1. The topological polar surface area (TPSA) is 75.0 Å². The normalized spacial score (nSPS) is 12.1. The molecule has 0 aliphatic rings. The molecule has 2 rings (SSSR count). The third-order valence-corrected chi connectivity index (χ3v) is 4.40. The van der Waals surface area contributed by atoms with Gasteiger partial charge in [0.1, 0.15) is 0 Å². The molecule has 0 radical (unpaired) electrons. The number of alkyl halides is 3. The third kappa shape index (κ3) is 6.83. The first-order valence-electron chi connectivity index (χ1n) is 7.88. The van der Waals surface area contributed by atoms with Crippen LogP contribution in [-0.4, -0.2) is 28.9 Å². The number of nitrogens with one attached hydrogen (secondary N) is 1. The zero-order valence-corrected chi connectivity index (χ0v) is 15.1. The average Bonchev–Trinajstić information content (AvgIpc) is 2.61. The molecule has 0 aliphatic heterocycles. The van der Waals surface area contributed by atoms with Crippen LogP contribution in [0, 0.1) is 11.3 Å². The molecule has 0 saturated carbocycles. The number of hydrogen-bond donors (Lipinski definition) is 1. The number of nitrogens with zero attached hydrogens (tertiary/aromatic N) is 2. The average molecular weight is 395 g/mol. The number of halogens is 3. The molecule has 1 aromatic heterocycles. The highest BCUT2D eigenvalue weighted by atomic mass is 32.2. The Morgan fingerprint density at radius 2 is 2.07 bits per heavy atom. The van der Waals surface area contributed by atoms with E-state index in [-0.39, 0.29) is 16.7 Å². The first-order valence-corrected chi connectivity index (χ1v) is 8.76. The van der Waals surface area contributed by atoms with Crippen LogP contribution in [0.1, 0.15) is 23.7 Å². The maximum atomic E-state index is 12.4. The molecular formula is C18H16F3N3O2S. The Kier molecular flexibility index (Phi) is 7.07. The molecule has 0 saturated heterocycles. The van der Waals surface area contributed by atoms with Crippen molar-refractivity contribution >= 4 is 23.4 Å². The van der Waals surface area contributed by atoms with E-state index in [0.29, 0.717) is 12.1 Å². The van der Waals surface area contributed by atoms with Gasteiger partial charge in [0.05, 0.1) is 17.3 Å². The molecule has 2 aromatic rings. The van der Waals surface area contributed by atoms with E-state index in [0.717, 1.165) is 11.1 Å². The summed E-state index contributed by atoms with van der Waals surface area (Å²) in [5.41, 5.74) is 0.758. The molecule has 0 bridgehead atoms. The Morgan fingerprint density at radius 3 is 2.70 bits per heavy atom. The van der Waals surface area contributed by atoms with E-state index in [1.165, 1.54) is 23.9 Å². The molecule has 9 heteroatoms. The Balaban J connectivity index is 2.04. The number of anilines is 1. The van der Waals surface area contributed by atoms with E-state index in [4.69, 9.17) is 5.26 Å². The van der Waals surface area contributed by atoms with Gasteiger partial charge in [0, 0.05) is 28.8 Å². The van der Waals surface area contributed by atoms with Gasteiger partial charge in [-0.3, -0.25) is 4.79 Å². The van der Waals surface area contributed by atoms with Crippen molar-refractivity contribution < 1.29 is 22.7 Å². The van der Waals surface area contributed by atoms with Gasteiger partial charge in [-0.2, -0.15) is 18.4 Å². The number of benzene rings is 1. The zero-order chi connectivity index (χ0) is 19.9. The quantitative estimate of drug-likeness (QED) is 0.690. The molecule has 1 aromatic carbocycles. The van der Waals surface area contributed by atoms with Crippen molar-refractivity contribution in [2.75, 3.05) is 11.9 Å². The van der Waals surface area contributed by atoms with E-state index < -0.39 is 18.7 Å². The lowest BCUT2D eigenvalue weighted by Gasteiger charge is -2.13. The van der Waals surface area contributed by atoms with Gasteiger partial charge in [-0.25, -0.2) is 4.98 Å². The van der Waals surface area contributed by atoms with E-state index in [1.807, 2.05) is 19.1 Å². The highest BCUT2D eigenvalue weighted by molar-refractivity contribution is 8.00. The Labute approximate surface area is 158 Å². The molecule has 1 N–H and O–H groups in total. The van der Waals surface area contributed by atoms with E-state index >= 15 is 0 Å². The molecular weight excluding hydrogens is 379 g/mol. The summed E-state index contributed by atoms with van der Waals surface area (Å²) in [5, 5.41) is 11.6. The summed E-state index contributed by atoms with van der Waals surface area (Å²) in [4.78, 5) is 16.9. The van der Waals surface area contributed by atoms with Crippen molar-refractivity contribution in [1.29, 1.82) is 5.26 Å². The van der Waals surface area contributed by atoms with Crippen LogP contribution in [0.2, 0.25) is 0 Å². The lowest BCUT2D eigenvalue weighted by molar-refractivity contribution is -0.154. The lowest BCUT2D eigenvalue weighted by Crippen LogP contribution is -2.19. The van der Waals surface area contributed by atoms with Crippen LogP contribution in [0.4, 0.5) is 18.9 Å². The maximum Gasteiger partial charge on any atom is 0.422 e. The number of thioether (sulfide) groups is 1. The summed E-state index contributed by atoms with van der Waals surface area (Å²) in [7, 11) is 0. The lowest BCUT2D eigenvalue weighted by atomic mass is 10.2. The predicted octanol–water partition coefficient (Wildman–Crippen LogP) is 4.67. The molecule has 0 fully saturated rings. The third-order valence-electron chi connectivity index (χ3n) is 3.22. The first kappa shape index (κ1) is 20.6. The summed E-state index contributed by atoms with van der Waals surface area (Å²) in [6, 6.07) is 11.8. The van der Waals surface area contributed by atoms with Crippen LogP contribution in [0.25, 0.3) is 0 Å². The van der Waals surface area contributed by atoms with Crippen molar-refractivity contribution in [3.8, 4) is 11.9 Å². The second-order valence-corrected chi connectivity index (χ2v) is 7.01. The summed E-state index contributed by atoms with van der Waals surface area (Å²) >= 11 is 1.46. The van der Waals surface area contributed by atoms with Crippen LogP contribution in [0.5, 0.6) is 5.88 Å². The largest absolute Gasteiger partial charge is 0.468 e. The number of nitriles is 1. The van der Waals surface area contributed by atoms with Crippen molar-refractivity contribution in [1.82, 2.24) is 4.98 Å². The smallest absolute Gasteiger partial charge is 0.422 e. The molecule has 27 heavy (non-hydrogen) atoms. The number of aromatic nitrogens is 1. The van der Waals surface area contributed by atoms with Crippen LogP contribution >= 0.6 is 11.8 Å². The summed E-state index contributed by atoms with van der Waals surface area (Å²) < 4.78 is 40.9. The van der Waals surface area contributed by atoms with E-state index in [9.17, 15) is 18.0 Å². The number of carbonyl (C=O) groups excluding carboxylic acids is 1. The molecule has 5 nitrogen and oxygen atoms in total. The molecule has 1 atom stereocenters. The van der Waals surface area contributed by atoms with E-state index in [1.54, 1.807) is 12.1 Å². The first-order chi connectivity index (χ1) is 12.8. The number of hydrogen-bond acceptors (Lipinski definition) is 5. The molecule has 142 valence electrons. The van der Waals surface area contributed by atoms with Gasteiger partial charge in [0.2, 0.25) is 5.88 Å². The molecule has 1 heterocycles. The SMILES string of the molecule is C[C@@H](CC#N)Sc1ccccc1NC(=O)c1ccc(OCC(F)(F)F)nc1. The standard InChI is InChI=1S/C18H16F3N3O2S/c1-12(8-9-22)27-15-5-3-2-4-14(15)24-17(25)13-6-7-16(23-10-13)26-11-18(19,20)21/h2-7,10,12H,8,11H2,1H3,(H,24,25)/t12-/m0/s1. The summed E-state index contributed by atoms with van der Waals surface area (Å²) in [5.74, 6) is -0.670. The van der Waals surface area contributed by atoms with Crippen molar-refractivity contribution in [3.05, 3.63) is 48.2 Å². The fourth-order valence-corrected chi connectivity index (χ4v) is 3.00. The van der Waals surface area contributed by atoms with Crippen LogP contribution < -0.4 is 10.1 Å². The van der Waals surface area contributed by atoms with Crippen molar-refractivity contribution in [3.63, 3.8) is 0 Å². The minimum absolute atomic E-state index is 0.0554. The number of carbonyl (C=O) groups is 1. The van der Waals surface area contributed by atoms with Crippen LogP contribution in [-0.2, 0) is 0 Å². The van der Waals surface area contributed by atoms with Gasteiger partial charge in [0.15, 0.2) is 6.61 Å². The summed E-state index contributed by atoms with van der Waals surface area (Å²) in [6.07, 6.45) is -2.94. The number of para-hydroxylation sites is 1. The van der Waals surface area contributed by atoms with Gasteiger partial charge in [-0.05, 0) is 18.2 Å². The molecule has 0 spiro atoms. The zero-order valence-electron chi connectivity index (χ0n) is 14.3. The molecule has 0 unspecified atom stereocenters. The van der Waals surface area contributed by atoms with Gasteiger partial charge in [-0.15, -0.1) is 11.8 Å². The second-order valence-electron chi connectivity index (χ2n) is 5.53. The highest BCUT2D eigenvalue weighted by Gasteiger charge is 2.28. The predicted molar refractivity (Wildman–Crippen MR) is 95.7 cm³/mol. The molecule has 0 aliphatic carbocycles. The summed E-state index contributed by atoms with van der Waals surface area (Å²) in [6.45, 7) is 0.465. The Bertz CT molecular complexity index is 820. The molecule has 1 amide bonds. The Morgan fingerprint density at radius 1 is 1.33 bits per heavy atom. The number of rotatable bonds is 7. The van der Waals surface area contributed by atoms with Gasteiger partial charge in [0.25, 0.3) is 5.91 Å².